The maximum absolute atomic E-state index is 9.00. The summed E-state index contributed by atoms with van der Waals surface area (Å²) in [5, 5.41) is 9.00. The molecule has 4 heteroatoms. The third-order valence-corrected chi connectivity index (χ3v) is 2.35. The number of ether oxygens (including phenoxy) is 1. The smallest absolute Gasteiger partial charge is 0.101 e. The van der Waals surface area contributed by atoms with Crippen LogP contribution < -0.4 is 4.90 Å². The van der Waals surface area contributed by atoms with Gasteiger partial charge < -0.3 is 9.64 Å². The van der Waals surface area contributed by atoms with Gasteiger partial charge in [0, 0.05) is 25.9 Å². The Labute approximate surface area is 96.5 Å². The van der Waals surface area contributed by atoms with Crippen molar-refractivity contribution in [3.8, 4) is 6.07 Å². The number of aromatic nitrogens is 1. The maximum Gasteiger partial charge on any atom is 0.101 e. The van der Waals surface area contributed by atoms with Gasteiger partial charge in [-0.3, -0.25) is 4.98 Å². The summed E-state index contributed by atoms with van der Waals surface area (Å²) in [6, 6.07) is 3.91. The summed E-state index contributed by atoms with van der Waals surface area (Å²) in [4.78, 5) is 6.16. The summed E-state index contributed by atoms with van der Waals surface area (Å²) in [7, 11) is 0. The highest BCUT2D eigenvalue weighted by molar-refractivity contribution is 5.57. The predicted molar refractivity (Wildman–Crippen MR) is 63.3 cm³/mol. The van der Waals surface area contributed by atoms with E-state index in [1.165, 1.54) is 0 Å². The third kappa shape index (κ3) is 3.21. The molecule has 0 aliphatic heterocycles. The van der Waals surface area contributed by atoms with E-state index in [0.717, 1.165) is 25.4 Å². The topological polar surface area (TPSA) is 49.1 Å². The van der Waals surface area contributed by atoms with E-state index in [0.29, 0.717) is 12.2 Å². The highest BCUT2D eigenvalue weighted by atomic mass is 16.5. The fourth-order valence-electron chi connectivity index (χ4n) is 1.50. The molecule has 0 N–H and O–H groups in total. The molecule has 0 aliphatic carbocycles. The Morgan fingerprint density at radius 3 is 2.94 bits per heavy atom. The summed E-state index contributed by atoms with van der Waals surface area (Å²) in [6.07, 6.45) is 3.37. The molecule has 86 valence electrons. The first-order chi connectivity index (χ1) is 7.83. The number of nitrogens with zero attached hydrogens (tertiary/aromatic N) is 3. The summed E-state index contributed by atoms with van der Waals surface area (Å²) >= 11 is 0. The Bertz CT molecular complexity index is 360. The summed E-state index contributed by atoms with van der Waals surface area (Å²) in [5.41, 5.74) is 1.54. The Hall–Kier alpha value is -1.60. The van der Waals surface area contributed by atoms with Crippen molar-refractivity contribution in [3.63, 3.8) is 0 Å². The van der Waals surface area contributed by atoms with E-state index in [2.05, 4.69) is 22.9 Å². The number of rotatable bonds is 6. The van der Waals surface area contributed by atoms with Crippen LogP contribution in [0.5, 0.6) is 0 Å². The van der Waals surface area contributed by atoms with Gasteiger partial charge in [0.25, 0.3) is 0 Å². The van der Waals surface area contributed by atoms with Gasteiger partial charge in [-0.05, 0) is 19.9 Å². The van der Waals surface area contributed by atoms with Crippen molar-refractivity contribution in [2.24, 2.45) is 0 Å². The normalized spacial score (nSPS) is 9.81. The van der Waals surface area contributed by atoms with Crippen LogP contribution in [0.25, 0.3) is 0 Å². The lowest BCUT2D eigenvalue weighted by atomic mass is 10.2. The van der Waals surface area contributed by atoms with Gasteiger partial charge in [-0.15, -0.1) is 0 Å². The summed E-state index contributed by atoms with van der Waals surface area (Å²) in [5.74, 6) is 0. The largest absolute Gasteiger partial charge is 0.380 e. The zero-order chi connectivity index (χ0) is 11.8. The first-order valence-electron chi connectivity index (χ1n) is 5.50. The molecule has 1 aromatic heterocycles. The number of hydrogen-bond acceptors (Lipinski definition) is 4. The van der Waals surface area contributed by atoms with Crippen molar-refractivity contribution < 1.29 is 4.74 Å². The molecule has 0 amide bonds. The number of hydrogen-bond donors (Lipinski definition) is 0. The van der Waals surface area contributed by atoms with Crippen molar-refractivity contribution in [1.82, 2.24) is 4.98 Å². The van der Waals surface area contributed by atoms with Crippen LogP contribution in [0.1, 0.15) is 19.4 Å². The first-order valence-corrected chi connectivity index (χ1v) is 5.50. The van der Waals surface area contributed by atoms with E-state index in [4.69, 9.17) is 10.00 Å². The Balaban J connectivity index is 2.74. The average Bonchev–Trinajstić information content (AvgIpc) is 2.35. The molecule has 1 heterocycles. The molecule has 0 bridgehead atoms. The monoisotopic (exact) mass is 219 g/mol. The minimum atomic E-state index is 0.661. The zero-order valence-electron chi connectivity index (χ0n) is 9.81. The lowest BCUT2D eigenvalue weighted by Gasteiger charge is -2.23. The molecule has 0 saturated carbocycles. The minimum absolute atomic E-state index is 0.661. The van der Waals surface area contributed by atoms with Gasteiger partial charge in [-0.25, -0.2) is 0 Å². The van der Waals surface area contributed by atoms with Gasteiger partial charge in [-0.2, -0.15) is 5.26 Å². The van der Waals surface area contributed by atoms with E-state index >= 15 is 0 Å². The molecule has 4 nitrogen and oxygen atoms in total. The SMILES string of the molecule is CCOCCN(CC)c1cnccc1C#N. The van der Waals surface area contributed by atoms with Crippen LogP contribution >= 0.6 is 0 Å². The van der Waals surface area contributed by atoms with Gasteiger partial charge in [0.15, 0.2) is 0 Å². The maximum atomic E-state index is 9.00. The molecule has 0 unspecified atom stereocenters. The highest BCUT2D eigenvalue weighted by Gasteiger charge is 2.08. The standard InChI is InChI=1S/C12H17N3O/c1-3-15(7-8-16-4-2)12-10-14-6-5-11(12)9-13/h5-6,10H,3-4,7-8H2,1-2H3. The molecule has 1 rings (SSSR count). The van der Waals surface area contributed by atoms with Crippen molar-refractivity contribution in [2.75, 3.05) is 31.2 Å². The van der Waals surface area contributed by atoms with Gasteiger partial charge in [0.1, 0.15) is 6.07 Å². The number of pyridine rings is 1. The summed E-state index contributed by atoms with van der Waals surface area (Å²) < 4.78 is 5.32. The van der Waals surface area contributed by atoms with Gasteiger partial charge in [-0.1, -0.05) is 0 Å². The van der Waals surface area contributed by atoms with E-state index in [-0.39, 0.29) is 0 Å². The second kappa shape index (κ2) is 6.81. The second-order valence-corrected chi connectivity index (χ2v) is 3.28. The van der Waals surface area contributed by atoms with Crippen LogP contribution in [-0.2, 0) is 4.74 Å². The molecule has 0 radical (unpaired) electrons. The van der Waals surface area contributed by atoms with Gasteiger partial charge in [0.05, 0.1) is 24.1 Å². The third-order valence-electron chi connectivity index (χ3n) is 2.35. The van der Waals surface area contributed by atoms with Crippen LogP contribution in [0, 0.1) is 11.3 Å². The fourth-order valence-corrected chi connectivity index (χ4v) is 1.50. The van der Waals surface area contributed by atoms with E-state index < -0.39 is 0 Å². The van der Waals surface area contributed by atoms with Crippen LogP contribution in [0.2, 0.25) is 0 Å². The molecule has 0 aliphatic rings. The highest BCUT2D eigenvalue weighted by Crippen LogP contribution is 2.17. The average molecular weight is 219 g/mol. The van der Waals surface area contributed by atoms with Crippen molar-refractivity contribution >= 4 is 5.69 Å². The van der Waals surface area contributed by atoms with E-state index in [9.17, 15) is 0 Å². The number of anilines is 1. The zero-order valence-corrected chi connectivity index (χ0v) is 9.81. The molecule has 0 atom stereocenters. The second-order valence-electron chi connectivity index (χ2n) is 3.28. The van der Waals surface area contributed by atoms with Crippen LogP contribution in [0.3, 0.4) is 0 Å². The molecule has 1 aromatic rings. The number of likely N-dealkylation sites (N-methyl/N-ethyl adjacent to an activating group) is 1. The lowest BCUT2D eigenvalue weighted by molar-refractivity contribution is 0.154. The van der Waals surface area contributed by atoms with Crippen molar-refractivity contribution in [2.45, 2.75) is 13.8 Å². The lowest BCUT2D eigenvalue weighted by Crippen LogP contribution is -2.28. The molecular weight excluding hydrogens is 202 g/mol. The van der Waals surface area contributed by atoms with E-state index in [1.807, 2.05) is 6.92 Å². The Kier molecular flexibility index (Phi) is 5.30. The van der Waals surface area contributed by atoms with Crippen molar-refractivity contribution in [3.05, 3.63) is 24.0 Å². The molecule has 0 spiro atoms. The molecule has 16 heavy (non-hydrogen) atoms. The fraction of sp³-hybridized carbons (Fsp3) is 0.500. The molecule has 0 fully saturated rings. The van der Waals surface area contributed by atoms with Crippen molar-refractivity contribution in [1.29, 1.82) is 5.26 Å². The van der Waals surface area contributed by atoms with Crippen LogP contribution in [0.15, 0.2) is 18.5 Å². The molecule has 0 aromatic carbocycles. The van der Waals surface area contributed by atoms with Crippen LogP contribution in [-0.4, -0.2) is 31.3 Å². The van der Waals surface area contributed by atoms with Gasteiger partial charge in [0.2, 0.25) is 0 Å². The Morgan fingerprint density at radius 2 is 2.31 bits per heavy atom. The minimum Gasteiger partial charge on any atom is -0.380 e. The first kappa shape index (κ1) is 12.5. The Morgan fingerprint density at radius 1 is 1.50 bits per heavy atom. The quantitative estimate of drug-likeness (QED) is 0.685. The predicted octanol–water partition coefficient (Wildman–Crippen LogP) is 1.82. The molecular formula is C12H17N3O. The van der Waals surface area contributed by atoms with Gasteiger partial charge >= 0.3 is 0 Å². The number of nitriles is 1. The summed E-state index contributed by atoms with van der Waals surface area (Å²) in [6.45, 7) is 7.04. The van der Waals surface area contributed by atoms with E-state index in [1.54, 1.807) is 18.5 Å². The van der Waals surface area contributed by atoms with Crippen LogP contribution in [0.4, 0.5) is 5.69 Å². The molecule has 0 saturated heterocycles.